The molecule has 0 radical (unpaired) electrons. The van der Waals surface area contributed by atoms with Gasteiger partial charge in [-0.05, 0) is 19.1 Å². The summed E-state index contributed by atoms with van der Waals surface area (Å²) in [6.45, 7) is 2.71. The highest BCUT2D eigenvalue weighted by Crippen LogP contribution is 2.35. The van der Waals surface area contributed by atoms with Gasteiger partial charge in [-0.15, -0.1) is 0 Å². The molecule has 29 nitrogen and oxygen atoms in total. The second-order valence-electron chi connectivity index (χ2n) is 17.6. The lowest BCUT2D eigenvalue weighted by Gasteiger charge is -2.50. The number of carbonyl (C=O) groups excluding carboxylic acids is 5. The molecule has 0 aliphatic carbocycles. The first kappa shape index (κ1) is 59.0. The van der Waals surface area contributed by atoms with E-state index in [1.807, 2.05) is 0 Å². The van der Waals surface area contributed by atoms with Gasteiger partial charge in [0.15, 0.2) is 31.1 Å². The summed E-state index contributed by atoms with van der Waals surface area (Å²) >= 11 is 4.13. The second kappa shape index (κ2) is 26.5. The number of carboxylic acid groups (broad SMARTS) is 2. The number of aliphatic hydroxyl groups excluding tert-OH is 7. The van der Waals surface area contributed by atoms with Gasteiger partial charge in [-0.1, -0.05) is 25.1 Å². The van der Waals surface area contributed by atoms with Crippen molar-refractivity contribution in [1.29, 1.82) is 0 Å². The molecule has 73 heavy (non-hydrogen) atoms. The standard InChI is InChI=1S/C43H63N5O24S/c1-15-25(52)29(56)41(68-31(15)38(60)61)70-33-24(47-18(4)51)40(67-22(27(33)54)13-65-43(64)45-11-10-44-37(59)20(14-73)48-36(58)19-8-6-5-7-9-19)71-34-28(55)30(57)42(72-35(34)39(62)63)69-32-23(46-17(3)50)16(2)66-21(12-49)26(32)53/h5-9,15-16,20-35,40-42,49,52-57,73H,10-14H2,1-4H3,(H,44,59)(H,45,64)(H,46,50)(H,47,51)(H,48,58)(H,60,61)(H,62,63)/t15?,16?,20-,21?,22?,23?,24?,25+,26-,27-,28-,29?,30?,31?,32-,33-,34+,35?,40+,41+,42-/m1/s1. The molecule has 21 atom stereocenters. The maximum absolute atomic E-state index is 12.9. The first-order valence-electron chi connectivity index (χ1n) is 22.9. The number of ether oxygens (including phenoxy) is 8. The monoisotopic (exact) mass is 1070 g/mol. The number of alkyl carbamates (subject to hydrolysis) is 1. The van der Waals surface area contributed by atoms with Crippen LogP contribution in [0.4, 0.5) is 4.79 Å². The molecule has 4 fully saturated rings. The molecule has 4 heterocycles. The molecule has 1 aromatic carbocycles. The molecule has 5 amide bonds. The predicted octanol–water partition coefficient (Wildman–Crippen LogP) is -6.35. The number of amides is 5. The van der Waals surface area contributed by atoms with Gasteiger partial charge < -0.3 is 110 Å². The van der Waals surface area contributed by atoms with Crippen molar-refractivity contribution in [3.8, 4) is 0 Å². The Morgan fingerprint density at radius 2 is 1.18 bits per heavy atom. The zero-order chi connectivity index (χ0) is 54.0. The number of rotatable bonds is 20. The molecule has 10 unspecified atom stereocenters. The van der Waals surface area contributed by atoms with E-state index in [1.54, 1.807) is 30.3 Å². The summed E-state index contributed by atoms with van der Waals surface area (Å²) in [5, 5.41) is 110. The van der Waals surface area contributed by atoms with E-state index in [-0.39, 0.29) is 18.8 Å². The van der Waals surface area contributed by atoms with E-state index in [1.165, 1.54) is 13.8 Å². The maximum Gasteiger partial charge on any atom is 0.407 e. The third kappa shape index (κ3) is 14.7. The fourth-order valence-electron chi connectivity index (χ4n) is 8.47. The average Bonchev–Trinajstić information content (AvgIpc) is 3.34. The van der Waals surface area contributed by atoms with Crippen LogP contribution in [0.15, 0.2) is 30.3 Å². The van der Waals surface area contributed by atoms with Crippen molar-refractivity contribution < 1.29 is 117 Å². The third-order valence-electron chi connectivity index (χ3n) is 12.3. The summed E-state index contributed by atoms with van der Waals surface area (Å²) in [6, 6.07) is 3.97. The van der Waals surface area contributed by atoms with E-state index < -0.39 is 183 Å². The van der Waals surface area contributed by atoms with Crippen molar-refractivity contribution in [2.45, 2.75) is 150 Å². The zero-order valence-corrected chi connectivity index (χ0v) is 40.5. The van der Waals surface area contributed by atoms with Crippen molar-refractivity contribution >= 4 is 54.3 Å². The molecule has 410 valence electrons. The van der Waals surface area contributed by atoms with Crippen LogP contribution in [-0.4, -0.2) is 242 Å². The first-order valence-corrected chi connectivity index (χ1v) is 23.5. The molecule has 30 heteroatoms. The topological polar surface area (TPSA) is 436 Å². The quantitative estimate of drug-likeness (QED) is 0.0427. The van der Waals surface area contributed by atoms with Crippen LogP contribution in [-0.2, 0) is 61.9 Å². The van der Waals surface area contributed by atoms with Gasteiger partial charge in [0.25, 0.3) is 5.91 Å². The lowest BCUT2D eigenvalue weighted by molar-refractivity contribution is -0.365. The van der Waals surface area contributed by atoms with Crippen LogP contribution >= 0.6 is 12.6 Å². The van der Waals surface area contributed by atoms with E-state index in [9.17, 15) is 79.5 Å². The van der Waals surface area contributed by atoms with Crippen LogP contribution < -0.4 is 26.6 Å². The van der Waals surface area contributed by atoms with E-state index in [2.05, 4.69) is 39.2 Å². The summed E-state index contributed by atoms with van der Waals surface area (Å²) in [4.78, 5) is 88.1. The number of aliphatic carboxylic acids is 2. The Kier molecular flexibility index (Phi) is 21.4. The fraction of sp³-hybridized carbons (Fsp3) is 0.698. The van der Waals surface area contributed by atoms with Crippen molar-refractivity contribution in [1.82, 2.24) is 26.6 Å². The zero-order valence-electron chi connectivity index (χ0n) is 39.6. The third-order valence-corrected chi connectivity index (χ3v) is 12.7. The molecular formula is C43H63N5O24S. The molecule has 1 aromatic rings. The summed E-state index contributed by atoms with van der Waals surface area (Å²) < 4.78 is 45.5. The fourth-order valence-corrected chi connectivity index (χ4v) is 8.73. The Morgan fingerprint density at radius 3 is 1.75 bits per heavy atom. The minimum absolute atomic E-state index is 0.0817. The number of hydrogen-bond acceptors (Lipinski definition) is 23. The van der Waals surface area contributed by atoms with E-state index >= 15 is 0 Å². The molecule has 5 rings (SSSR count). The van der Waals surface area contributed by atoms with Crippen molar-refractivity contribution in [3.05, 3.63) is 35.9 Å². The Morgan fingerprint density at radius 1 is 0.644 bits per heavy atom. The van der Waals surface area contributed by atoms with Crippen molar-refractivity contribution in [2.24, 2.45) is 5.92 Å². The predicted molar refractivity (Wildman–Crippen MR) is 242 cm³/mol. The average molecular weight is 1070 g/mol. The van der Waals surface area contributed by atoms with Crippen LogP contribution in [0.3, 0.4) is 0 Å². The second-order valence-corrected chi connectivity index (χ2v) is 17.9. The normalized spacial score (nSPS) is 36.9. The lowest BCUT2D eigenvalue weighted by Crippen LogP contribution is -2.70. The summed E-state index contributed by atoms with van der Waals surface area (Å²) in [5.41, 5.74) is 0.296. The van der Waals surface area contributed by atoms with E-state index in [0.29, 0.717) is 5.56 Å². The molecule has 0 spiro atoms. The summed E-state index contributed by atoms with van der Waals surface area (Å²) in [7, 11) is 0. The SMILES string of the molecule is CC(=O)NC1C(C)OC(CO)[C@@H](O)[C@@H]1O[C@@H]1OC(C(=O)O)[C@@H](O[C@@H]2OC(COC(=O)NCCNC(=O)[C@@H](CS)NC(=O)c3ccccc3)[C@@H](O)[C@H](O[C@@H]3OC(C(=O)O)C(C)[C@H](O)C3O)C2NC(C)=O)[C@H](O)C1O. The number of benzene rings is 1. The van der Waals surface area contributed by atoms with Gasteiger partial charge in [-0.25, -0.2) is 14.4 Å². The largest absolute Gasteiger partial charge is 0.479 e. The minimum Gasteiger partial charge on any atom is -0.479 e. The van der Waals surface area contributed by atoms with Crippen molar-refractivity contribution in [2.75, 3.05) is 32.1 Å². The van der Waals surface area contributed by atoms with Gasteiger partial charge in [0, 0.05) is 44.2 Å². The first-order chi connectivity index (χ1) is 34.5. The van der Waals surface area contributed by atoms with Gasteiger partial charge in [0.05, 0.1) is 24.9 Å². The Labute approximate surface area is 421 Å². The van der Waals surface area contributed by atoms with Crippen LogP contribution in [0.1, 0.15) is 38.1 Å². The molecule has 4 aliphatic rings. The van der Waals surface area contributed by atoms with Crippen LogP contribution in [0.25, 0.3) is 0 Å². The molecule has 0 bridgehead atoms. The van der Waals surface area contributed by atoms with Gasteiger partial charge in [-0.3, -0.25) is 19.2 Å². The number of thiol groups is 1. The van der Waals surface area contributed by atoms with Gasteiger partial charge in [0.1, 0.15) is 79.7 Å². The number of nitrogens with one attached hydrogen (secondary N) is 5. The lowest BCUT2D eigenvalue weighted by atomic mass is 9.90. The highest BCUT2D eigenvalue weighted by Gasteiger charge is 2.57. The number of aliphatic hydroxyl groups is 7. The Hall–Kier alpha value is -4.90. The molecule has 14 N–H and O–H groups in total. The number of carbonyl (C=O) groups is 7. The number of carboxylic acids is 2. The molecule has 0 saturated carbocycles. The van der Waals surface area contributed by atoms with Crippen LogP contribution in [0.5, 0.6) is 0 Å². The highest BCUT2D eigenvalue weighted by molar-refractivity contribution is 7.80. The van der Waals surface area contributed by atoms with Crippen molar-refractivity contribution in [3.63, 3.8) is 0 Å². The van der Waals surface area contributed by atoms with Gasteiger partial charge in [0.2, 0.25) is 17.7 Å². The summed E-state index contributed by atoms with van der Waals surface area (Å²) in [6.07, 6.45) is -33.6. The molecule has 0 aromatic heterocycles. The molecular weight excluding hydrogens is 1000 g/mol. The van der Waals surface area contributed by atoms with Gasteiger partial charge >= 0.3 is 18.0 Å². The summed E-state index contributed by atoms with van der Waals surface area (Å²) in [5.74, 6) is -7.42. The highest BCUT2D eigenvalue weighted by atomic mass is 32.1. The Bertz CT molecular complexity index is 2070. The van der Waals surface area contributed by atoms with E-state index in [0.717, 1.165) is 13.8 Å². The smallest absolute Gasteiger partial charge is 0.407 e. The van der Waals surface area contributed by atoms with E-state index in [4.69, 9.17) is 37.9 Å². The maximum atomic E-state index is 12.9. The van der Waals surface area contributed by atoms with Crippen LogP contribution in [0.2, 0.25) is 0 Å². The minimum atomic E-state index is -2.32. The van der Waals surface area contributed by atoms with Crippen LogP contribution in [0, 0.1) is 5.92 Å². The molecule has 4 aliphatic heterocycles. The Balaban J connectivity index is 1.35. The number of hydrogen-bond donors (Lipinski definition) is 15. The van der Waals surface area contributed by atoms with Gasteiger partial charge in [-0.2, -0.15) is 12.6 Å². The molecule has 4 saturated heterocycles.